The van der Waals surface area contributed by atoms with Gasteiger partial charge < -0.3 is 17.8 Å². The summed E-state index contributed by atoms with van der Waals surface area (Å²) < 4.78 is 4.99. The molecule has 20 heavy (non-hydrogen) atoms. The molecule has 0 heterocycles. The summed E-state index contributed by atoms with van der Waals surface area (Å²) >= 11 is 0. The van der Waals surface area contributed by atoms with Crippen molar-refractivity contribution in [1.29, 1.82) is 0 Å². The molecule has 0 unspecified atom stereocenters. The fraction of sp³-hybridized carbons (Fsp3) is 0. The first-order valence-electron chi connectivity index (χ1n) is 5.42. The minimum atomic E-state index is -1.19. The number of carboxylic acid groups (broad SMARTS) is 1. The van der Waals surface area contributed by atoms with Crippen molar-refractivity contribution in [3.05, 3.63) is 59.7 Å². The first-order valence-corrected chi connectivity index (χ1v) is 5.42. The Morgan fingerprint density at radius 1 is 0.950 bits per heavy atom. The van der Waals surface area contributed by atoms with Gasteiger partial charge in [-0.05, 0) is 24.3 Å². The zero-order valence-electron chi connectivity index (χ0n) is 12.4. The molecule has 0 aromatic heterocycles. The summed E-state index contributed by atoms with van der Waals surface area (Å²) in [5.41, 5.74) is -0.144. The average molecular weight is 348 g/mol. The van der Waals surface area contributed by atoms with E-state index in [9.17, 15) is 14.7 Å². The third kappa shape index (κ3) is 3.83. The van der Waals surface area contributed by atoms with Crippen LogP contribution in [0.5, 0.6) is 11.5 Å². The van der Waals surface area contributed by atoms with Gasteiger partial charge in [0.25, 0.3) is 0 Å². The Labute approximate surface area is 155 Å². The van der Waals surface area contributed by atoms with Crippen LogP contribution in [0, 0.1) is 0 Å². The van der Waals surface area contributed by atoms with Crippen LogP contribution < -0.4 is 4.74 Å². The molecule has 2 aromatic carbocycles. The molecule has 100 valence electrons. The van der Waals surface area contributed by atoms with E-state index in [1.807, 2.05) is 0 Å². The Kier molecular flexibility index (Phi) is 6.22. The maximum atomic E-state index is 11.8. The molecule has 0 aliphatic rings. The SMILES string of the molecule is O=C(Oc1ccccc1C(=O)O)c1ccccc1O.[H-].[H-].[Sr+2]. The van der Waals surface area contributed by atoms with Gasteiger partial charge in [-0.25, -0.2) is 9.59 Å². The Bertz CT molecular complexity index is 649. The van der Waals surface area contributed by atoms with E-state index in [1.165, 1.54) is 30.3 Å². The van der Waals surface area contributed by atoms with Gasteiger partial charge in [0, 0.05) is 0 Å². The van der Waals surface area contributed by atoms with E-state index in [0.717, 1.165) is 0 Å². The van der Waals surface area contributed by atoms with E-state index in [4.69, 9.17) is 9.84 Å². The van der Waals surface area contributed by atoms with Crippen LogP contribution in [0.1, 0.15) is 23.6 Å². The van der Waals surface area contributed by atoms with Gasteiger partial charge >= 0.3 is 57.4 Å². The summed E-state index contributed by atoms with van der Waals surface area (Å²) in [6.45, 7) is 0. The summed E-state index contributed by atoms with van der Waals surface area (Å²) in [4.78, 5) is 22.8. The fourth-order valence-corrected chi connectivity index (χ4v) is 1.53. The molecule has 6 heteroatoms. The van der Waals surface area contributed by atoms with Gasteiger partial charge in [0.1, 0.15) is 22.6 Å². The van der Waals surface area contributed by atoms with Gasteiger partial charge in [-0.3, -0.25) is 0 Å². The average Bonchev–Trinajstić information content (AvgIpc) is 2.39. The van der Waals surface area contributed by atoms with Crippen molar-refractivity contribution in [2.45, 2.75) is 0 Å². The van der Waals surface area contributed by atoms with Crippen LogP contribution >= 0.6 is 0 Å². The first-order chi connectivity index (χ1) is 9.09. The molecule has 0 radical (unpaired) electrons. The minimum absolute atomic E-state index is 0. The molecular formula is C14H12O5Sr. The number of aromatic carboxylic acids is 1. The number of phenols is 1. The van der Waals surface area contributed by atoms with Crippen molar-refractivity contribution in [3.8, 4) is 11.5 Å². The normalized spacial score (nSPS) is 9.40. The van der Waals surface area contributed by atoms with Crippen molar-refractivity contribution < 1.29 is 27.4 Å². The second-order valence-electron chi connectivity index (χ2n) is 3.71. The van der Waals surface area contributed by atoms with E-state index in [1.54, 1.807) is 18.2 Å². The Morgan fingerprint density at radius 3 is 2.10 bits per heavy atom. The quantitative estimate of drug-likeness (QED) is 0.505. The molecule has 2 aromatic rings. The minimum Gasteiger partial charge on any atom is -1.00 e. The van der Waals surface area contributed by atoms with E-state index in [2.05, 4.69) is 0 Å². The molecule has 0 atom stereocenters. The van der Waals surface area contributed by atoms with Crippen LogP contribution in [0.15, 0.2) is 48.5 Å². The molecule has 0 saturated carbocycles. The first kappa shape index (κ1) is 16.7. The van der Waals surface area contributed by atoms with Crippen molar-refractivity contribution in [2.75, 3.05) is 0 Å². The summed E-state index contributed by atoms with van der Waals surface area (Å²) in [5, 5.41) is 18.5. The smallest absolute Gasteiger partial charge is 1.00 e. The Morgan fingerprint density at radius 2 is 1.50 bits per heavy atom. The third-order valence-corrected chi connectivity index (χ3v) is 2.44. The number of benzene rings is 2. The van der Waals surface area contributed by atoms with E-state index in [-0.39, 0.29) is 71.0 Å². The monoisotopic (exact) mass is 348 g/mol. The summed E-state index contributed by atoms with van der Waals surface area (Å²) in [7, 11) is 0. The van der Waals surface area contributed by atoms with Crippen LogP contribution in [-0.2, 0) is 0 Å². The second-order valence-corrected chi connectivity index (χ2v) is 3.71. The predicted molar refractivity (Wildman–Crippen MR) is 74.4 cm³/mol. The number of carbonyl (C=O) groups excluding carboxylic acids is 1. The van der Waals surface area contributed by atoms with Gasteiger partial charge in [0.15, 0.2) is 0 Å². The molecule has 0 saturated heterocycles. The molecule has 5 nitrogen and oxygen atoms in total. The number of hydrogen-bond acceptors (Lipinski definition) is 4. The van der Waals surface area contributed by atoms with Crippen LogP contribution in [0.2, 0.25) is 0 Å². The summed E-state index contributed by atoms with van der Waals surface area (Å²) in [6, 6.07) is 11.7. The van der Waals surface area contributed by atoms with Crippen molar-refractivity contribution in [2.24, 2.45) is 0 Å². The van der Waals surface area contributed by atoms with Gasteiger partial charge in [-0.2, -0.15) is 0 Å². The number of rotatable bonds is 3. The van der Waals surface area contributed by atoms with E-state index in [0.29, 0.717) is 0 Å². The van der Waals surface area contributed by atoms with Gasteiger partial charge in [0.2, 0.25) is 0 Å². The number of ether oxygens (including phenoxy) is 1. The zero-order valence-corrected chi connectivity index (χ0v) is 13.9. The van der Waals surface area contributed by atoms with Crippen molar-refractivity contribution in [1.82, 2.24) is 0 Å². The van der Waals surface area contributed by atoms with Gasteiger partial charge in [0.05, 0.1) is 0 Å². The number of carbonyl (C=O) groups is 2. The fourth-order valence-electron chi connectivity index (χ4n) is 1.53. The van der Waals surface area contributed by atoms with E-state index < -0.39 is 11.9 Å². The number of esters is 1. The molecule has 2 N–H and O–H groups in total. The summed E-state index contributed by atoms with van der Waals surface area (Å²) in [6.07, 6.45) is 0. The molecule has 0 fully saturated rings. The molecule has 0 aliphatic heterocycles. The number of aromatic hydroxyl groups is 1. The van der Waals surface area contributed by atoms with Crippen LogP contribution in [0.25, 0.3) is 0 Å². The Balaban J connectivity index is 0. The second kappa shape index (κ2) is 7.44. The van der Waals surface area contributed by atoms with Crippen molar-refractivity contribution in [3.63, 3.8) is 0 Å². The van der Waals surface area contributed by atoms with Gasteiger partial charge in [-0.15, -0.1) is 0 Å². The zero-order chi connectivity index (χ0) is 13.8. The van der Waals surface area contributed by atoms with Gasteiger partial charge in [-0.1, -0.05) is 24.3 Å². The molecular weight excluding hydrogens is 336 g/mol. The maximum absolute atomic E-state index is 11.8. The molecule has 0 amide bonds. The molecule has 0 aliphatic carbocycles. The number of phenolic OH excluding ortho intramolecular Hbond substituents is 1. The molecule has 0 spiro atoms. The molecule has 0 bridgehead atoms. The summed E-state index contributed by atoms with van der Waals surface area (Å²) in [5.74, 6) is -2.30. The van der Waals surface area contributed by atoms with Crippen molar-refractivity contribution >= 4 is 57.4 Å². The van der Waals surface area contributed by atoms with Crippen LogP contribution in [0.3, 0.4) is 0 Å². The standard InChI is InChI=1S/C14H10O5.Sr.2H/c15-11-7-3-1-5-9(11)14(18)19-12-8-4-2-6-10(12)13(16)17;;;/h1-8,15H,(H,16,17);;;/q;+2;2*-1. The Hall–Kier alpha value is -1.34. The topological polar surface area (TPSA) is 83.8 Å². The maximum Gasteiger partial charge on any atom is 2.00 e. The van der Waals surface area contributed by atoms with Crippen LogP contribution in [0.4, 0.5) is 0 Å². The number of carboxylic acids is 1. The molecule has 2 rings (SSSR count). The predicted octanol–water partition coefficient (Wildman–Crippen LogP) is 2.15. The number of para-hydroxylation sites is 2. The third-order valence-electron chi connectivity index (χ3n) is 2.44. The van der Waals surface area contributed by atoms with E-state index >= 15 is 0 Å². The largest absolute Gasteiger partial charge is 2.00 e. The number of hydrogen-bond donors (Lipinski definition) is 2. The van der Waals surface area contributed by atoms with Crippen LogP contribution in [-0.4, -0.2) is 67.6 Å².